The molecule has 0 aromatic rings. The lowest BCUT2D eigenvalue weighted by Gasteiger charge is -2.37. The third-order valence-electron chi connectivity index (χ3n) is 5.60. The van der Waals surface area contributed by atoms with E-state index in [2.05, 4.69) is 13.0 Å². The Labute approximate surface area is 132 Å². The van der Waals surface area contributed by atoms with Crippen LogP contribution in [0, 0.1) is 11.3 Å². The fourth-order valence-corrected chi connectivity index (χ4v) is 3.90. The summed E-state index contributed by atoms with van der Waals surface area (Å²) in [4.78, 5) is 26.6. The number of amides is 1. The van der Waals surface area contributed by atoms with Crippen molar-refractivity contribution in [3.8, 4) is 0 Å². The molecular formula is C19H25NO2. The van der Waals surface area contributed by atoms with Crippen molar-refractivity contribution in [1.82, 2.24) is 4.90 Å². The number of allylic oxidation sites excluding steroid dienone is 5. The number of hydrogen-bond acceptors (Lipinski definition) is 2. The topological polar surface area (TPSA) is 37.4 Å². The lowest BCUT2D eigenvalue weighted by molar-refractivity contribution is -0.132. The highest BCUT2D eigenvalue weighted by atomic mass is 16.2. The van der Waals surface area contributed by atoms with Crippen LogP contribution in [0.15, 0.2) is 34.9 Å². The second-order valence-corrected chi connectivity index (χ2v) is 7.13. The standard InChI is InChI=1S/C19H25NO2/c1-13(18(22)20-10-4-5-11-20)15-6-8-19(3)9-7-17(21)14(2)16(19)12-15/h7,9,12-13H,4-6,8,10-11H2,1-3H3/t13-,19-/m0/s1. The number of rotatable bonds is 2. The van der Waals surface area contributed by atoms with Gasteiger partial charge in [-0.15, -0.1) is 0 Å². The summed E-state index contributed by atoms with van der Waals surface area (Å²) in [6.07, 6.45) is 10.0. The molecule has 0 aromatic carbocycles. The van der Waals surface area contributed by atoms with Crippen LogP contribution in [-0.4, -0.2) is 29.7 Å². The third-order valence-corrected chi connectivity index (χ3v) is 5.60. The molecule has 0 bridgehead atoms. The number of likely N-dealkylation sites (tertiary alicyclic amines) is 1. The van der Waals surface area contributed by atoms with E-state index in [9.17, 15) is 9.59 Å². The lowest BCUT2D eigenvalue weighted by atomic mass is 9.67. The molecule has 2 atom stereocenters. The van der Waals surface area contributed by atoms with Crippen molar-refractivity contribution < 1.29 is 9.59 Å². The molecule has 118 valence electrons. The van der Waals surface area contributed by atoms with E-state index in [1.165, 1.54) is 5.57 Å². The molecule has 2 aliphatic carbocycles. The zero-order valence-electron chi connectivity index (χ0n) is 13.8. The molecular weight excluding hydrogens is 274 g/mol. The minimum atomic E-state index is -0.0658. The van der Waals surface area contributed by atoms with Crippen molar-refractivity contribution >= 4 is 11.7 Å². The van der Waals surface area contributed by atoms with E-state index in [0.717, 1.165) is 49.9 Å². The quantitative estimate of drug-likeness (QED) is 0.783. The Bertz CT molecular complexity index is 605. The number of ketones is 1. The number of carbonyl (C=O) groups excluding carboxylic acids is 2. The molecule has 1 amide bonds. The Hall–Kier alpha value is -1.64. The SMILES string of the molecule is CC1=C2C=C([C@H](C)C(=O)N3CCCC3)CC[C@@]2(C)C=CC1=O. The maximum Gasteiger partial charge on any atom is 0.229 e. The van der Waals surface area contributed by atoms with Crippen LogP contribution in [0.25, 0.3) is 0 Å². The van der Waals surface area contributed by atoms with Crippen LogP contribution in [0.4, 0.5) is 0 Å². The van der Waals surface area contributed by atoms with Gasteiger partial charge in [0.15, 0.2) is 5.78 Å². The van der Waals surface area contributed by atoms with Crippen LogP contribution in [0.1, 0.15) is 46.5 Å². The smallest absolute Gasteiger partial charge is 0.229 e. The molecule has 1 fully saturated rings. The number of fused-ring (bicyclic) bond motifs is 1. The van der Waals surface area contributed by atoms with Crippen LogP contribution < -0.4 is 0 Å². The molecule has 0 unspecified atom stereocenters. The van der Waals surface area contributed by atoms with Gasteiger partial charge >= 0.3 is 0 Å². The van der Waals surface area contributed by atoms with Crippen molar-refractivity contribution in [2.45, 2.75) is 46.5 Å². The van der Waals surface area contributed by atoms with Crippen molar-refractivity contribution in [2.24, 2.45) is 11.3 Å². The molecule has 1 aliphatic heterocycles. The number of carbonyl (C=O) groups is 2. The second-order valence-electron chi connectivity index (χ2n) is 7.13. The monoisotopic (exact) mass is 299 g/mol. The summed E-state index contributed by atoms with van der Waals surface area (Å²) in [5.74, 6) is 0.288. The van der Waals surface area contributed by atoms with E-state index in [1.54, 1.807) is 6.08 Å². The zero-order valence-corrected chi connectivity index (χ0v) is 13.8. The summed E-state index contributed by atoms with van der Waals surface area (Å²) < 4.78 is 0. The summed E-state index contributed by atoms with van der Waals surface area (Å²) in [7, 11) is 0. The van der Waals surface area contributed by atoms with Crippen molar-refractivity contribution in [2.75, 3.05) is 13.1 Å². The molecule has 3 nitrogen and oxygen atoms in total. The molecule has 1 saturated heterocycles. The van der Waals surface area contributed by atoms with Gasteiger partial charge in [0.1, 0.15) is 0 Å². The van der Waals surface area contributed by atoms with Crippen LogP contribution in [0.5, 0.6) is 0 Å². The largest absolute Gasteiger partial charge is 0.342 e. The zero-order chi connectivity index (χ0) is 15.9. The van der Waals surface area contributed by atoms with Crippen molar-refractivity contribution in [1.29, 1.82) is 0 Å². The van der Waals surface area contributed by atoms with Gasteiger partial charge < -0.3 is 4.90 Å². The van der Waals surface area contributed by atoms with Crippen molar-refractivity contribution in [3.05, 3.63) is 34.9 Å². The molecule has 0 radical (unpaired) electrons. The second kappa shape index (κ2) is 5.53. The van der Waals surface area contributed by atoms with Gasteiger partial charge in [-0.3, -0.25) is 9.59 Å². The summed E-state index contributed by atoms with van der Waals surface area (Å²) in [5.41, 5.74) is 3.09. The Morgan fingerprint density at radius 1 is 1.32 bits per heavy atom. The van der Waals surface area contributed by atoms with Gasteiger partial charge in [-0.2, -0.15) is 0 Å². The maximum atomic E-state index is 12.6. The van der Waals surface area contributed by atoms with Gasteiger partial charge in [-0.25, -0.2) is 0 Å². The fourth-order valence-electron chi connectivity index (χ4n) is 3.90. The molecule has 0 saturated carbocycles. The average molecular weight is 299 g/mol. The minimum absolute atomic E-state index is 0.0437. The van der Waals surface area contributed by atoms with E-state index in [1.807, 2.05) is 24.8 Å². The molecule has 3 heteroatoms. The Kier molecular flexibility index (Phi) is 3.84. The number of nitrogens with zero attached hydrogens (tertiary/aromatic N) is 1. The summed E-state index contributed by atoms with van der Waals surface area (Å²) >= 11 is 0. The van der Waals surface area contributed by atoms with Gasteiger partial charge in [0.05, 0.1) is 5.92 Å². The van der Waals surface area contributed by atoms with E-state index in [-0.39, 0.29) is 23.0 Å². The Morgan fingerprint density at radius 2 is 2.00 bits per heavy atom. The van der Waals surface area contributed by atoms with Gasteiger partial charge in [-0.1, -0.05) is 24.6 Å². The fraction of sp³-hybridized carbons (Fsp3) is 0.579. The average Bonchev–Trinajstić information content (AvgIpc) is 3.04. The first-order valence-electron chi connectivity index (χ1n) is 8.36. The molecule has 0 spiro atoms. The Balaban J connectivity index is 1.88. The molecule has 3 aliphatic rings. The normalized spacial score (nSPS) is 29.5. The van der Waals surface area contributed by atoms with E-state index < -0.39 is 0 Å². The third kappa shape index (κ3) is 2.47. The first-order chi connectivity index (χ1) is 10.4. The van der Waals surface area contributed by atoms with Gasteiger partial charge in [-0.05, 0) is 51.2 Å². The first kappa shape index (κ1) is 15.3. The number of hydrogen-bond donors (Lipinski definition) is 0. The van der Waals surface area contributed by atoms with Crippen LogP contribution in [0.2, 0.25) is 0 Å². The van der Waals surface area contributed by atoms with Crippen LogP contribution in [-0.2, 0) is 9.59 Å². The summed E-state index contributed by atoms with van der Waals surface area (Å²) in [5, 5.41) is 0. The molecule has 1 heterocycles. The molecule has 0 N–H and O–H groups in total. The minimum Gasteiger partial charge on any atom is -0.342 e. The van der Waals surface area contributed by atoms with Crippen LogP contribution in [0.3, 0.4) is 0 Å². The first-order valence-corrected chi connectivity index (χ1v) is 8.36. The van der Waals surface area contributed by atoms with E-state index in [4.69, 9.17) is 0 Å². The van der Waals surface area contributed by atoms with Crippen molar-refractivity contribution in [3.63, 3.8) is 0 Å². The summed E-state index contributed by atoms with van der Waals surface area (Å²) in [6.45, 7) is 7.92. The van der Waals surface area contributed by atoms with E-state index >= 15 is 0 Å². The Morgan fingerprint density at radius 3 is 2.68 bits per heavy atom. The van der Waals surface area contributed by atoms with Crippen LogP contribution >= 0.6 is 0 Å². The molecule has 0 aromatic heterocycles. The predicted molar refractivity (Wildman–Crippen MR) is 87.2 cm³/mol. The highest BCUT2D eigenvalue weighted by molar-refractivity contribution is 6.06. The molecule has 22 heavy (non-hydrogen) atoms. The predicted octanol–water partition coefficient (Wildman–Crippen LogP) is 3.43. The maximum absolute atomic E-state index is 12.6. The molecule has 3 rings (SSSR count). The van der Waals surface area contributed by atoms with E-state index in [0.29, 0.717) is 0 Å². The van der Waals surface area contributed by atoms with Gasteiger partial charge in [0.2, 0.25) is 5.91 Å². The lowest BCUT2D eigenvalue weighted by Crippen LogP contribution is -2.35. The van der Waals surface area contributed by atoms with Gasteiger partial charge in [0, 0.05) is 24.1 Å². The highest BCUT2D eigenvalue weighted by Crippen LogP contribution is 2.45. The highest BCUT2D eigenvalue weighted by Gasteiger charge is 2.36. The summed E-state index contributed by atoms with van der Waals surface area (Å²) in [6, 6.07) is 0. The van der Waals surface area contributed by atoms with Gasteiger partial charge in [0.25, 0.3) is 0 Å².